The summed E-state index contributed by atoms with van der Waals surface area (Å²) in [6, 6.07) is 3.44. The average molecular weight is 293 g/mol. The molecule has 116 valence electrons. The molecule has 1 rings (SSSR count). The third-order valence-electron chi connectivity index (χ3n) is 2.50. The van der Waals surface area contributed by atoms with Crippen LogP contribution in [0.1, 0.15) is 46.2 Å². The minimum Gasteiger partial charge on any atom is -0.463 e. The molecule has 0 aliphatic rings. The second-order valence-corrected chi connectivity index (χ2v) is 5.64. The molecule has 0 atom stereocenters. The predicted molar refractivity (Wildman–Crippen MR) is 81.0 cm³/mol. The van der Waals surface area contributed by atoms with Gasteiger partial charge in [-0.1, -0.05) is 13.3 Å². The maximum atomic E-state index is 12.0. The number of unbranched alkanes of at least 4 members (excludes halogenated alkanes) is 1. The van der Waals surface area contributed by atoms with Gasteiger partial charge in [0.25, 0.3) is 0 Å². The van der Waals surface area contributed by atoms with E-state index in [-0.39, 0.29) is 0 Å². The van der Waals surface area contributed by atoms with E-state index in [1.54, 1.807) is 39.1 Å². The Morgan fingerprint density at radius 1 is 1.33 bits per heavy atom. The lowest BCUT2D eigenvalue weighted by Gasteiger charge is -2.20. The molecule has 0 aliphatic carbocycles. The van der Waals surface area contributed by atoms with Crippen LogP contribution in [0.15, 0.2) is 24.4 Å². The van der Waals surface area contributed by atoms with Crippen molar-refractivity contribution in [3.05, 3.63) is 30.1 Å². The molecular weight excluding hydrogens is 270 g/mol. The zero-order valence-electron chi connectivity index (χ0n) is 13.1. The van der Waals surface area contributed by atoms with E-state index < -0.39 is 17.7 Å². The summed E-state index contributed by atoms with van der Waals surface area (Å²) in [6.07, 6.45) is 5.78. The van der Waals surface area contributed by atoms with E-state index >= 15 is 0 Å². The van der Waals surface area contributed by atoms with Gasteiger partial charge in [-0.15, -0.1) is 0 Å². The number of carbonyl (C=O) groups is 2. The Kier molecular flexibility index (Phi) is 6.21. The van der Waals surface area contributed by atoms with Crippen LogP contribution in [0.5, 0.6) is 0 Å². The Balaban J connectivity index is 2.67. The lowest BCUT2D eigenvalue weighted by atomic mass is 10.2. The molecule has 0 radical (unpaired) electrons. The Morgan fingerprint density at radius 2 is 2.05 bits per heavy atom. The molecule has 1 aromatic heterocycles. The molecule has 0 saturated carbocycles. The Morgan fingerprint density at radius 3 is 2.67 bits per heavy atom. The van der Waals surface area contributed by atoms with Crippen molar-refractivity contribution < 1.29 is 19.1 Å². The minimum absolute atomic E-state index is 0.409. The van der Waals surface area contributed by atoms with Crippen molar-refractivity contribution in [3.8, 4) is 0 Å². The van der Waals surface area contributed by atoms with Gasteiger partial charge in [0, 0.05) is 12.3 Å². The molecule has 21 heavy (non-hydrogen) atoms. The maximum Gasteiger partial charge on any atom is 0.418 e. The lowest BCUT2D eigenvalue weighted by Crippen LogP contribution is -2.27. The Bertz CT molecular complexity index is 509. The van der Waals surface area contributed by atoms with Crippen molar-refractivity contribution in [2.45, 2.75) is 46.1 Å². The smallest absolute Gasteiger partial charge is 0.418 e. The van der Waals surface area contributed by atoms with Crippen molar-refractivity contribution in [1.29, 1.82) is 0 Å². The molecular formula is C16H23NO4. The first-order valence-electron chi connectivity index (χ1n) is 7.09. The zero-order valence-corrected chi connectivity index (χ0v) is 13.1. The van der Waals surface area contributed by atoms with Crippen LogP contribution in [0.4, 0.5) is 4.79 Å². The highest BCUT2D eigenvalue weighted by Gasteiger charge is 2.18. The number of rotatable bonds is 5. The second kappa shape index (κ2) is 7.67. The van der Waals surface area contributed by atoms with Gasteiger partial charge in [-0.3, -0.25) is 4.57 Å². The van der Waals surface area contributed by atoms with Crippen molar-refractivity contribution in [2.75, 3.05) is 6.61 Å². The third kappa shape index (κ3) is 6.29. The van der Waals surface area contributed by atoms with E-state index in [9.17, 15) is 9.59 Å². The van der Waals surface area contributed by atoms with Gasteiger partial charge in [-0.25, -0.2) is 9.59 Å². The maximum absolute atomic E-state index is 12.0. The van der Waals surface area contributed by atoms with Crippen molar-refractivity contribution >= 4 is 18.1 Å². The Labute approximate surface area is 125 Å². The summed E-state index contributed by atoms with van der Waals surface area (Å²) in [5, 5.41) is 0. The standard InChI is InChI=1S/C16H23NO4/c1-5-6-12-20-14(18)10-9-13-8-7-11-17(13)15(19)21-16(2,3)4/h7-11H,5-6,12H2,1-4H3/b10-9+. The van der Waals surface area contributed by atoms with Gasteiger partial charge in [0.2, 0.25) is 0 Å². The van der Waals surface area contributed by atoms with Crippen LogP contribution in [-0.2, 0) is 14.3 Å². The van der Waals surface area contributed by atoms with Crippen molar-refractivity contribution in [2.24, 2.45) is 0 Å². The highest BCUT2D eigenvalue weighted by Crippen LogP contribution is 2.12. The van der Waals surface area contributed by atoms with E-state index in [1.807, 2.05) is 6.92 Å². The minimum atomic E-state index is -0.568. The monoisotopic (exact) mass is 293 g/mol. The van der Waals surface area contributed by atoms with E-state index in [0.717, 1.165) is 12.8 Å². The van der Waals surface area contributed by atoms with E-state index in [0.29, 0.717) is 12.3 Å². The molecule has 0 spiro atoms. The molecule has 0 N–H and O–H groups in total. The average Bonchev–Trinajstić information content (AvgIpc) is 2.83. The molecule has 0 saturated heterocycles. The number of esters is 1. The first kappa shape index (κ1) is 17.0. The van der Waals surface area contributed by atoms with Crippen LogP contribution in [0.2, 0.25) is 0 Å². The first-order chi connectivity index (χ1) is 9.83. The number of aromatic nitrogens is 1. The summed E-state index contributed by atoms with van der Waals surface area (Å²) in [6.45, 7) is 7.84. The molecule has 5 heteroatoms. The molecule has 1 aromatic rings. The summed E-state index contributed by atoms with van der Waals surface area (Å²) < 4.78 is 11.6. The van der Waals surface area contributed by atoms with Gasteiger partial charge in [0.1, 0.15) is 5.60 Å². The predicted octanol–water partition coefficient (Wildman–Crippen LogP) is 3.63. The third-order valence-corrected chi connectivity index (χ3v) is 2.50. The van der Waals surface area contributed by atoms with Gasteiger partial charge in [0.15, 0.2) is 0 Å². The van der Waals surface area contributed by atoms with Crippen LogP contribution in [0.25, 0.3) is 6.08 Å². The van der Waals surface area contributed by atoms with Crippen LogP contribution in [0.3, 0.4) is 0 Å². The lowest BCUT2D eigenvalue weighted by molar-refractivity contribution is -0.137. The van der Waals surface area contributed by atoms with Crippen LogP contribution in [0, 0.1) is 0 Å². The van der Waals surface area contributed by atoms with Crippen LogP contribution in [-0.4, -0.2) is 28.8 Å². The SMILES string of the molecule is CCCCOC(=O)/C=C/c1cccn1C(=O)OC(C)(C)C. The summed E-state index contributed by atoms with van der Waals surface area (Å²) in [5.74, 6) is -0.416. The fourth-order valence-electron chi connectivity index (χ4n) is 1.53. The molecule has 0 amide bonds. The van der Waals surface area contributed by atoms with Crippen molar-refractivity contribution in [3.63, 3.8) is 0 Å². The highest BCUT2D eigenvalue weighted by molar-refractivity contribution is 5.87. The molecule has 0 bridgehead atoms. The number of hydrogen-bond acceptors (Lipinski definition) is 4. The molecule has 0 aliphatic heterocycles. The molecule has 0 fully saturated rings. The van der Waals surface area contributed by atoms with Gasteiger partial charge < -0.3 is 9.47 Å². The number of nitrogens with zero attached hydrogens (tertiary/aromatic N) is 1. The zero-order chi connectivity index (χ0) is 15.9. The number of ether oxygens (including phenoxy) is 2. The fourth-order valence-corrected chi connectivity index (χ4v) is 1.53. The molecule has 0 unspecified atom stereocenters. The van der Waals surface area contributed by atoms with Crippen molar-refractivity contribution in [1.82, 2.24) is 4.57 Å². The van der Waals surface area contributed by atoms with E-state index in [1.165, 1.54) is 16.7 Å². The summed E-state index contributed by atoms with van der Waals surface area (Å²) in [5.41, 5.74) is -0.00165. The summed E-state index contributed by atoms with van der Waals surface area (Å²) >= 11 is 0. The molecule has 5 nitrogen and oxygen atoms in total. The van der Waals surface area contributed by atoms with Gasteiger partial charge in [-0.05, 0) is 45.4 Å². The number of hydrogen-bond donors (Lipinski definition) is 0. The van der Waals surface area contributed by atoms with Crippen LogP contribution < -0.4 is 0 Å². The molecule has 0 aromatic carbocycles. The van der Waals surface area contributed by atoms with E-state index in [4.69, 9.17) is 9.47 Å². The summed E-state index contributed by atoms with van der Waals surface area (Å²) in [7, 11) is 0. The first-order valence-corrected chi connectivity index (χ1v) is 7.09. The molecule has 1 heterocycles. The van der Waals surface area contributed by atoms with Gasteiger partial charge >= 0.3 is 12.1 Å². The fraction of sp³-hybridized carbons (Fsp3) is 0.500. The number of carbonyl (C=O) groups excluding carboxylic acids is 2. The Hall–Kier alpha value is -2.04. The van der Waals surface area contributed by atoms with Crippen LogP contribution >= 0.6 is 0 Å². The largest absolute Gasteiger partial charge is 0.463 e. The van der Waals surface area contributed by atoms with E-state index in [2.05, 4.69) is 0 Å². The highest BCUT2D eigenvalue weighted by atomic mass is 16.6. The van der Waals surface area contributed by atoms with Gasteiger partial charge in [0.05, 0.1) is 12.3 Å². The summed E-state index contributed by atoms with van der Waals surface area (Å²) in [4.78, 5) is 23.5. The van der Waals surface area contributed by atoms with Gasteiger partial charge in [-0.2, -0.15) is 0 Å². The normalized spacial score (nSPS) is 11.6. The topological polar surface area (TPSA) is 57.5 Å². The second-order valence-electron chi connectivity index (χ2n) is 5.64. The quantitative estimate of drug-likeness (QED) is 0.472.